The molecule has 1 aromatic heterocycles. The Morgan fingerprint density at radius 1 is 1.10 bits per heavy atom. The normalized spacial score (nSPS) is 11.6. The molecule has 0 aliphatic rings. The average molecular weight is 443 g/mol. The molecule has 3 rings (SSSR count). The molecule has 2 aromatic carbocycles. The van der Waals surface area contributed by atoms with E-state index in [0.717, 1.165) is 5.75 Å². The quantitative estimate of drug-likeness (QED) is 0.501. The Labute approximate surface area is 185 Å². The first-order valence-corrected chi connectivity index (χ1v) is 10.7. The first-order valence-electron chi connectivity index (χ1n) is 9.68. The monoisotopic (exact) mass is 442 g/mol. The molecular weight excluding hydrogens is 416 g/mol. The maximum Gasteiger partial charge on any atom is 0.234 e. The number of anilines is 1. The van der Waals surface area contributed by atoms with E-state index in [9.17, 15) is 4.79 Å². The largest absolute Gasteiger partial charge is 0.497 e. The number of thioether (sulfide) groups is 1. The van der Waals surface area contributed by atoms with Crippen molar-refractivity contribution in [1.82, 2.24) is 14.8 Å². The van der Waals surface area contributed by atoms with Gasteiger partial charge in [-0.25, -0.2) is 0 Å². The highest BCUT2D eigenvalue weighted by atomic mass is 32.2. The summed E-state index contributed by atoms with van der Waals surface area (Å²) >= 11 is 1.29. The van der Waals surface area contributed by atoms with Gasteiger partial charge >= 0.3 is 0 Å². The van der Waals surface area contributed by atoms with Crippen molar-refractivity contribution in [1.29, 1.82) is 0 Å². The predicted molar refractivity (Wildman–Crippen MR) is 120 cm³/mol. The Balaban J connectivity index is 1.60. The van der Waals surface area contributed by atoms with Crippen molar-refractivity contribution in [2.45, 2.75) is 25.1 Å². The summed E-state index contributed by atoms with van der Waals surface area (Å²) in [4.78, 5) is 12.5. The number of hydrogen-bond donors (Lipinski definition) is 1. The third-order valence-corrected chi connectivity index (χ3v) is 5.60. The number of hydrogen-bond acceptors (Lipinski definition) is 7. The topological polar surface area (TPSA) is 87.5 Å². The van der Waals surface area contributed by atoms with Crippen molar-refractivity contribution in [3.63, 3.8) is 0 Å². The third kappa shape index (κ3) is 5.69. The van der Waals surface area contributed by atoms with E-state index >= 15 is 0 Å². The average Bonchev–Trinajstić information content (AvgIpc) is 3.14. The van der Waals surface area contributed by atoms with E-state index in [4.69, 9.17) is 14.2 Å². The summed E-state index contributed by atoms with van der Waals surface area (Å²) in [5, 5.41) is 11.9. The van der Waals surface area contributed by atoms with E-state index in [1.165, 1.54) is 17.3 Å². The van der Waals surface area contributed by atoms with E-state index in [0.29, 0.717) is 28.2 Å². The fourth-order valence-corrected chi connectivity index (χ4v) is 3.63. The van der Waals surface area contributed by atoms with Gasteiger partial charge in [0.05, 0.1) is 25.7 Å². The van der Waals surface area contributed by atoms with E-state index in [-0.39, 0.29) is 17.8 Å². The van der Waals surface area contributed by atoms with Gasteiger partial charge in [-0.3, -0.25) is 4.79 Å². The number of aryl methyl sites for hydroxylation is 1. The Bertz CT molecular complexity index is 1040. The maximum absolute atomic E-state index is 12.5. The molecule has 0 bridgehead atoms. The highest BCUT2D eigenvalue weighted by Gasteiger charge is 2.18. The Hall–Kier alpha value is -3.20. The summed E-state index contributed by atoms with van der Waals surface area (Å²) in [5.74, 6) is 2.61. The fraction of sp³-hybridized carbons (Fsp3) is 0.318. The lowest BCUT2D eigenvalue weighted by atomic mass is 10.2. The Kier molecular flexibility index (Phi) is 7.41. The zero-order chi connectivity index (χ0) is 22.4. The van der Waals surface area contributed by atoms with Gasteiger partial charge in [0.1, 0.15) is 17.2 Å². The molecule has 1 amide bonds. The highest BCUT2D eigenvalue weighted by Crippen LogP contribution is 2.29. The van der Waals surface area contributed by atoms with E-state index in [1.54, 1.807) is 32.4 Å². The van der Waals surface area contributed by atoms with Crippen molar-refractivity contribution >= 4 is 23.4 Å². The molecule has 0 fully saturated rings. The minimum absolute atomic E-state index is 0.166. The number of carbonyl (C=O) groups excluding carboxylic acids is 1. The summed E-state index contributed by atoms with van der Waals surface area (Å²) in [5.41, 5.74) is 1.72. The van der Waals surface area contributed by atoms with Crippen molar-refractivity contribution in [2.24, 2.45) is 7.05 Å². The van der Waals surface area contributed by atoms with Crippen molar-refractivity contribution in [2.75, 3.05) is 25.3 Å². The fourth-order valence-electron chi connectivity index (χ4n) is 2.91. The lowest BCUT2D eigenvalue weighted by Gasteiger charge is -2.14. The molecule has 1 N–H and O–H groups in total. The molecule has 3 aromatic rings. The summed E-state index contributed by atoms with van der Waals surface area (Å²) in [7, 11) is 4.97. The van der Waals surface area contributed by atoms with Crippen molar-refractivity contribution in [3.05, 3.63) is 53.9 Å². The second-order valence-corrected chi connectivity index (χ2v) is 7.82. The first-order chi connectivity index (χ1) is 14.9. The Morgan fingerprint density at radius 3 is 2.48 bits per heavy atom. The molecule has 1 unspecified atom stereocenters. The van der Waals surface area contributed by atoms with Gasteiger partial charge in [-0.2, -0.15) is 0 Å². The highest BCUT2D eigenvalue weighted by molar-refractivity contribution is 7.99. The van der Waals surface area contributed by atoms with Gasteiger partial charge in [-0.05, 0) is 38.1 Å². The van der Waals surface area contributed by atoms with Crippen LogP contribution in [0.15, 0.2) is 47.6 Å². The summed E-state index contributed by atoms with van der Waals surface area (Å²) in [6.07, 6.45) is -0.288. The van der Waals surface area contributed by atoms with Crippen LogP contribution in [0.25, 0.3) is 0 Å². The van der Waals surface area contributed by atoms with Crippen LogP contribution in [0.5, 0.6) is 17.2 Å². The molecule has 1 heterocycles. The molecule has 164 valence electrons. The molecule has 8 nitrogen and oxygen atoms in total. The minimum Gasteiger partial charge on any atom is -0.497 e. The summed E-state index contributed by atoms with van der Waals surface area (Å²) in [6.45, 7) is 3.94. The van der Waals surface area contributed by atoms with Gasteiger partial charge in [0, 0.05) is 13.1 Å². The molecule has 9 heteroatoms. The number of amides is 1. The lowest BCUT2D eigenvalue weighted by molar-refractivity contribution is -0.113. The van der Waals surface area contributed by atoms with Gasteiger partial charge in [0.2, 0.25) is 5.91 Å². The molecule has 1 atom stereocenters. The van der Waals surface area contributed by atoms with Gasteiger partial charge < -0.3 is 24.1 Å². The second kappa shape index (κ2) is 10.2. The molecule has 0 aliphatic heterocycles. The van der Waals surface area contributed by atoms with Crippen LogP contribution in [0.2, 0.25) is 0 Å². The number of rotatable bonds is 9. The van der Waals surface area contributed by atoms with Gasteiger partial charge in [0.15, 0.2) is 17.1 Å². The number of carbonyl (C=O) groups is 1. The maximum atomic E-state index is 12.5. The molecule has 0 spiro atoms. The van der Waals surface area contributed by atoms with Crippen LogP contribution in [-0.2, 0) is 11.8 Å². The van der Waals surface area contributed by atoms with Gasteiger partial charge in [-0.15, -0.1) is 10.2 Å². The molecule has 0 radical (unpaired) electrons. The van der Waals surface area contributed by atoms with Crippen LogP contribution in [-0.4, -0.2) is 40.6 Å². The first kappa shape index (κ1) is 22.5. The van der Waals surface area contributed by atoms with Crippen LogP contribution in [0.3, 0.4) is 0 Å². The van der Waals surface area contributed by atoms with E-state index in [2.05, 4.69) is 15.5 Å². The number of aromatic nitrogens is 3. The number of nitrogens with zero attached hydrogens (tertiary/aromatic N) is 3. The SMILES string of the molecule is COc1ccc(OC)c(NC(=O)CSc2nnc(C(C)Oc3ccc(C)cc3)n2C)c1. The molecule has 0 aliphatic carbocycles. The number of ether oxygens (including phenoxy) is 3. The molecular formula is C22H26N4O4S. The summed E-state index contributed by atoms with van der Waals surface area (Å²) in [6, 6.07) is 13.1. The number of benzene rings is 2. The van der Waals surface area contributed by atoms with Crippen LogP contribution >= 0.6 is 11.8 Å². The zero-order valence-electron chi connectivity index (χ0n) is 18.2. The summed E-state index contributed by atoms with van der Waals surface area (Å²) < 4.78 is 18.3. The van der Waals surface area contributed by atoms with Gasteiger partial charge in [-0.1, -0.05) is 29.5 Å². The standard InChI is InChI=1S/C22H26N4O4S/c1-14-6-8-16(9-7-14)30-15(2)21-24-25-22(26(21)3)31-13-20(27)23-18-12-17(28-4)10-11-19(18)29-5/h6-12,15H,13H2,1-5H3,(H,23,27). The number of methoxy groups -OCH3 is 2. The molecule has 0 saturated carbocycles. The predicted octanol–water partition coefficient (Wildman–Crippen LogP) is 4.01. The van der Waals surface area contributed by atoms with Crippen LogP contribution in [0.1, 0.15) is 24.4 Å². The molecule has 31 heavy (non-hydrogen) atoms. The minimum atomic E-state index is -0.288. The van der Waals surface area contributed by atoms with Gasteiger partial charge in [0.25, 0.3) is 0 Å². The van der Waals surface area contributed by atoms with E-state index in [1.807, 2.05) is 49.7 Å². The van der Waals surface area contributed by atoms with E-state index < -0.39 is 0 Å². The smallest absolute Gasteiger partial charge is 0.234 e. The zero-order valence-corrected chi connectivity index (χ0v) is 19.0. The van der Waals surface area contributed by atoms with Crippen molar-refractivity contribution in [3.8, 4) is 17.2 Å². The Morgan fingerprint density at radius 2 is 1.81 bits per heavy atom. The van der Waals surface area contributed by atoms with Crippen LogP contribution < -0.4 is 19.5 Å². The lowest BCUT2D eigenvalue weighted by Crippen LogP contribution is -2.15. The number of nitrogens with one attached hydrogen (secondary N) is 1. The van der Waals surface area contributed by atoms with Crippen molar-refractivity contribution < 1.29 is 19.0 Å². The third-order valence-electron chi connectivity index (χ3n) is 4.58. The second-order valence-electron chi connectivity index (χ2n) is 6.88. The van der Waals surface area contributed by atoms with Crippen LogP contribution in [0, 0.1) is 6.92 Å². The van der Waals surface area contributed by atoms with Crippen LogP contribution in [0.4, 0.5) is 5.69 Å². The molecule has 0 saturated heterocycles.